The number of amides is 2. The molecule has 0 spiro atoms. The minimum atomic E-state index is -0.688. The first-order chi connectivity index (χ1) is 9.54. The Morgan fingerprint density at radius 3 is 2.45 bits per heavy atom. The molecule has 5 heteroatoms. The van der Waals surface area contributed by atoms with Crippen LogP contribution in [0.2, 0.25) is 0 Å². The van der Waals surface area contributed by atoms with E-state index in [1.807, 2.05) is 0 Å². The third-order valence-corrected chi connectivity index (χ3v) is 2.91. The number of nitrogens with one attached hydrogen (secondary N) is 1. The van der Waals surface area contributed by atoms with Crippen LogP contribution in [-0.4, -0.2) is 24.5 Å². The highest BCUT2D eigenvalue weighted by molar-refractivity contribution is 5.97. The Hall–Kier alpha value is -2.04. The number of hydrogen-bond acceptors (Lipinski definition) is 3. The molecule has 1 atom stereocenters. The third kappa shape index (κ3) is 5.30. The summed E-state index contributed by atoms with van der Waals surface area (Å²) in [5.41, 5.74) is 5.56. The molecule has 1 aromatic rings. The molecule has 3 N–H and O–H groups in total. The number of hydrogen-bond donors (Lipinski definition) is 2. The van der Waals surface area contributed by atoms with Gasteiger partial charge in [-0.3, -0.25) is 9.59 Å². The van der Waals surface area contributed by atoms with Gasteiger partial charge in [-0.1, -0.05) is 19.8 Å². The number of unbranched alkanes of at least 4 members (excludes halogenated alkanes) is 2. The van der Waals surface area contributed by atoms with Gasteiger partial charge in [0.15, 0.2) is 0 Å². The van der Waals surface area contributed by atoms with Crippen molar-refractivity contribution in [3.05, 3.63) is 29.8 Å². The lowest BCUT2D eigenvalue weighted by molar-refractivity contribution is -0.119. The van der Waals surface area contributed by atoms with Gasteiger partial charge >= 0.3 is 0 Å². The van der Waals surface area contributed by atoms with E-state index in [0.717, 1.165) is 25.0 Å². The normalized spacial score (nSPS) is 11.7. The Kier molecular flexibility index (Phi) is 6.56. The Bertz CT molecular complexity index is 443. The Balaban J connectivity index is 2.49. The summed E-state index contributed by atoms with van der Waals surface area (Å²) in [6.45, 7) is 4.37. The first-order valence-electron chi connectivity index (χ1n) is 6.87. The van der Waals surface area contributed by atoms with E-state index < -0.39 is 11.9 Å². The average Bonchev–Trinajstić information content (AvgIpc) is 2.44. The van der Waals surface area contributed by atoms with Crippen LogP contribution in [0.4, 0.5) is 0 Å². The maximum atomic E-state index is 11.8. The van der Waals surface area contributed by atoms with Crippen molar-refractivity contribution in [2.75, 3.05) is 6.61 Å². The number of primary amides is 1. The van der Waals surface area contributed by atoms with Crippen LogP contribution in [0.15, 0.2) is 24.3 Å². The summed E-state index contributed by atoms with van der Waals surface area (Å²) in [6, 6.07) is 6.13. The summed E-state index contributed by atoms with van der Waals surface area (Å²) in [5.74, 6) is -0.149. The number of rotatable bonds is 8. The number of benzene rings is 1. The van der Waals surface area contributed by atoms with Crippen LogP contribution >= 0.6 is 0 Å². The molecule has 0 saturated carbocycles. The van der Waals surface area contributed by atoms with Gasteiger partial charge in [0.05, 0.1) is 6.61 Å². The summed E-state index contributed by atoms with van der Waals surface area (Å²) in [6.07, 6.45) is 3.32. The molecule has 0 radical (unpaired) electrons. The van der Waals surface area contributed by atoms with Gasteiger partial charge in [0, 0.05) is 5.56 Å². The van der Waals surface area contributed by atoms with Crippen molar-refractivity contribution in [2.24, 2.45) is 5.73 Å². The first-order valence-corrected chi connectivity index (χ1v) is 6.87. The Morgan fingerprint density at radius 1 is 1.25 bits per heavy atom. The van der Waals surface area contributed by atoms with E-state index in [-0.39, 0.29) is 5.91 Å². The summed E-state index contributed by atoms with van der Waals surface area (Å²) >= 11 is 0. The van der Waals surface area contributed by atoms with E-state index >= 15 is 0 Å². The smallest absolute Gasteiger partial charge is 0.251 e. The van der Waals surface area contributed by atoms with E-state index in [2.05, 4.69) is 12.2 Å². The van der Waals surface area contributed by atoms with E-state index in [0.29, 0.717) is 12.2 Å². The third-order valence-electron chi connectivity index (χ3n) is 2.91. The van der Waals surface area contributed by atoms with E-state index in [1.54, 1.807) is 31.2 Å². The van der Waals surface area contributed by atoms with E-state index in [1.165, 1.54) is 0 Å². The summed E-state index contributed by atoms with van der Waals surface area (Å²) < 4.78 is 5.56. The van der Waals surface area contributed by atoms with Crippen LogP contribution in [-0.2, 0) is 4.79 Å². The molecule has 110 valence electrons. The van der Waals surface area contributed by atoms with E-state index in [4.69, 9.17) is 10.5 Å². The molecule has 1 unspecified atom stereocenters. The van der Waals surface area contributed by atoms with Crippen molar-refractivity contribution in [2.45, 2.75) is 39.2 Å². The summed E-state index contributed by atoms with van der Waals surface area (Å²) in [5, 5.41) is 2.52. The van der Waals surface area contributed by atoms with Gasteiger partial charge in [0.1, 0.15) is 11.8 Å². The Morgan fingerprint density at radius 2 is 1.90 bits per heavy atom. The maximum Gasteiger partial charge on any atom is 0.251 e. The molecule has 5 nitrogen and oxygen atoms in total. The first kappa shape index (κ1) is 16.0. The van der Waals surface area contributed by atoms with Crippen molar-refractivity contribution in [1.82, 2.24) is 5.32 Å². The zero-order valence-corrected chi connectivity index (χ0v) is 12.0. The number of ether oxygens (including phenoxy) is 1. The number of carbonyl (C=O) groups is 2. The second-order valence-electron chi connectivity index (χ2n) is 4.68. The van der Waals surface area contributed by atoms with Gasteiger partial charge in [0.2, 0.25) is 5.91 Å². The van der Waals surface area contributed by atoms with Gasteiger partial charge in [-0.2, -0.15) is 0 Å². The molecule has 0 heterocycles. The number of carbonyl (C=O) groups excluding carboxylic acids is 2. The van der Waals surface area contributed by atoms with Crippen LogP contribution in [0.1, 0.15) is 43.5 Å². The largest absolute Gasteiger partial charge is 0.494 e. The molecule has 0 aliphatic carbocycles. The van der Waals surface area contributed by atoms with Gasteiger partial charge in [0.25, 0.3) is 5.91 Å². The second kappa shape index (κ2) is 8.19. The maximum absolute atomic E-state index is 11.8. The number of nitrogens with two attached hydrogens (primary N) is 1. The zero-order valence-electron chi connectivity index (χ0n) is 12.0. The highest BCUT2D eigenvalue weighted by Crippen LogP contribution is 2.13. The van der Waals surface area contributed by atoms with Crippen LogP contribution in [0.5, 0.6) is 5.75 Å². The predicted molar refractivity (Wildman–Crippen MR) is 77.6 cm³/mol. The summed E-state index contributed by atoms with van der Waals surface area (Å²) in [7, 11) is 0. The molecule has 2 amide bonds. The highest BCUT2D eigenvalue weighted by Gasteiger charge is 2.13. The van der Waals surface area contributed by atoms with Crippen molar-refractivity contribution < 1.29 is 14.3 Å². The minimum Gasteiger partial charge on any atom is -0.494 e. The van der Waals surface area contributed by atoms with Gasteiger partial charge < -0.3 is 15.8 Å². The average molecular weight is 278 g/mol. The van der Waals surface area contributed by atoms with Crippen molar-refractivity contribution in [3.63, 3.8) is 0 Å². The van der Waals surface area contributed by atoms with Gasteiger partial charge in [-0.15, -0.1) is 0 Å². The molecule has 0 aromatic heterocycles. The highest BCUT2D eigenvalue weighted by atomic mass is 16.5. The minimum absolute atomic E-state index is 0.325. The van der Waals surface area contributed by atoms with Crippen LogP contribution in [0, 0.1) is 0 Å². The fraction of sp³-hybridized carbons (Fsp3) is 0.467. The molecule has 0 saturated heterocycles. The molecule has 20 heavy (non-hydrogen) atoms. The van der Waals surface area contributed by atoms with Gasteiger partial charge in [-0.05, 0) is 37.6 Å². The molecular weight excluding hydrogens is 256 g/mol. The second-order valence-corrected chi connectivity index (χ2v) is 4.68. The lowest BCUT2D eigenvalue weighted by atomic mass is 10.2. The molecule has 0 aliphatic rings. The molecule has 1 rings (SSSR count). The molecule has 0 fully saturated rings. The predicted octanol–water partition coefficient (Wildman–Crippen LogP) is 1.86. The van der Waals surface area contributed by atoms with Crippen molar-refractivity contribution in [3.8, 4) is 5.75 Å². The molecule has 1 aromatic carbocycles. The summed E-state index contributed by atoms with van der Waals surface area (Å²) in [4.78, 5) is 22.7. The zero-order chi connectivity index (χ0) is 15.0. The molecular formula is C15H22N2O3. The lowest BCUT2D eigenvalue weighted by Crippen LogP contribution is -2.42. The van der Waals surface area contributed by atoms with E-state index in [9.17, 15) is 9.59 Å². The Labute approximate surface area is 119 Å². The monoisotopic (exact) mass is 278 g/mol. The fourth-order valence-electron chi connectivity index (χ4n) is 1.60. The van der Waals surface area contributed by atoms with Crippen molar-refractivity contribution in [1.29, 1.82) is 0 Å². The van der Waals surface area contributed by atoms with Crippen LogP contribution in [0.25, 0.3) is 0 Å². The SMILES string of the molecule is CCCCCOc1ccc(C(=O)NC(C)C(N)=O)cc1. The quantitative estimate of drug-likeness (QED) is 0.712. The van der Waals surface area contributed by atoms with Crippen molar-refractivity contribution >= 4 is 11.8 Å². The fourth-order valence-corrected chi connectivity index (χ4v) is 1.60. The van der Waals surface area contributed by atoms with Gasteiger partial charge in [-0.25, -0.2) is 0 Å². The molecule has 0 aliphatic heterocycles. The lowest BCUT2D eigenvalue weighted by Gasteiger charge is -2.10. The molecule has 0 bridgehead atoms. The topological polar surface area (TPSA) is 81.4 Å². The van der Waals surface area contributed by atoms with Crippen LogP contribution in [0.3, 0.4) is 0 Å². The van der Waals surface area contributed by atoms with Crippen LogP contribution < -0.4 is 15.8 Å². The standard InChI is InChI=1S/C15H22N2O3/c1-3-4-5-10-20-13-8-6-12(7-9-13)15(19)17-11(2)14(16)18/h6-9,11H,3-5,10H2,1-2H3,(H2,16,18)(H,17,19).